The summed E-state index contributed by atoms with van der Waals surface area (Å²) < 4.78 is 10.5. The highest BCUT2D eigenvalue weighted by Crippen LogP contribution is 2.31. The molecule has 0 bridgehead atoms. The Labute approximate surface area is 186 Å². The molecule has 2 amide bonds. The molecule has 0 aliphatic carbocycles. The molecule has 0 radical (unpaired) electrons. The van der Waals surface area contributed by atoms with Gasteiger partial charge in [0, 0.05) is 24.2 Å². The number of para-hydroxylation sites is 2. The van der Waals surface area contributed by atoms with Gasteiger partial charge >= 0.3 is 5.97 Å². The number of esters is 1. The molecule has 8 heteroatoms. The van der Waals surface area contributed by atoms with Gasteiger partial charge in [0.1, 0.15) is 5.75 Å². The molecular weight excluding hydrogens is 412 g/mol. The van der Waals surface area contributed by atoms with E-state index in [9.17, 15) is 19.2 Å². The van der Waals surface area contributed by atoms with Gasteiger partial charge in [0.15, 0.2) is 19.0 Å². The maximum absolute atomic E-state index is 12.3. The molecule has 0 atom stereocenters. The van der Waals surface area contributed by atoms with E-state index in [4.69, 9.17) is 9.47 Å². The number of fused-ring (bicyclic) bond motifs is 1. The molecule has 8 nitrogen and oxygen atoms in total. The lowest BCUT2D eigenvalue weighted by Crippen LogP contribution is -2.40. The van der Waals surface area contributed by atoms with Crippen LogP contribution in [0.25, 0.3) is 0 Å². The molecule has 168 valence electrons. The van der Waals surface area contributed by atoms with Crippen LogP contribution in [-0.2, 0) is 19.1 Å². The van der Waals surface area contributed by atoms with Gasteiger partial charge in [-0.25, -0.2) is 0 Å². The van der Waals surface area contributed by atoms with Gasteiger partial charge in [-0.1, -0.05) is 26.0 Å². The number of amides is 2. The standard InChI is InChI=1S/C24H26N2O6/c1-16(2)13-22(28)25-18-9-7-17(8-10-18)20(27)14-32-24(30)11-12-26-19-5-3-4-6-21(19)31-15-23(26)29/h3-10,16H,11-15H2,1-2H3,(H,25,28). The quantitative estimate of drug-likeness (QED) is 0.476. The van der Waals surface area contributed by atoms with Crippen molar-refractivity contribution in [3.05, 3.63) is 54.1 Å². The summed E-state index contributed by atoms with van der Waals surface area (Å²) in [5.74, 6) is -0.428. The highest BCUT2D eigenvalue weighted by atomic mass is 16.5. The molecule has 3 rings (SSSR count). The van der Waals surface area contributed by atoms with E-state index in [0.717, 1.165) is 0 Å². The molecule has 0 saturated carbocycles. The molecule has 0 saturated heterocycles. The number of rotatable bonds is 9. The number of benzene rings is 2. The molecule has 2 aromatic carbocycles. The number of anilines is 2. The van der Waals surface area contributed by atoms with Crippen LogP contribution in [0.1, 0.15) is 37.0 Å². The number of ether oxygens (including phenoxy) is 2. The van der Waals surface area contributed by atoms with Gasteiger partial charge in [0.2, 0.25) is 5.91 Å². The zero-order valence-corrected chi connectivity index (χ0v) is 18.1. The topological polar surface area (TPSA) is 102 Å². The lowest BCUT2D eigenvalue weighted by molar-refractivity contribution is -0.142. The van der Waals surface area contributed by atoms with Crippen LogP contribution in [0.5, 0.6) is 5.75 Å². The molecule has 0 aromatic heterocycles. The van der Waals surface area contributed by atoms with Crippen molar-refractivity contribution < 1.29 is 28.7 Å². The lowest BCUT2D eigenvalue weighted by atomic mass is 10.1. The second kappa shape index (κ2) is 10.6. The van der Waals surface area contributed by atoms with Crippen molar-refractivity contribution in [1.29, 1.82) is 0 Å². The number of nitrogens with zero attached hydrogens (tertiary/aromatic N) is 1. The van der Waals surface area contributed by atoms with Crippen molar-refractivity contribution in [3.63, 3.8) is 0 Å². The first kappa shape index (κ1) is 23.0. The van der Waals surface area contributed by atoms with Crippen LogP contribution in [0.2, 0.25) is 0 Å². The van der Waals surface area contributed by atoms with E-state index in [1.54, 1.807) is 48.5 Å². The summed E-state index contributed by atoms with van der Waals surface area (Å²) in [5, 5.41) is 2.77. The Balaban J connectivity index is 1.46. The molecule has 1 heterocycles. The van der Waals surface area contributed by atoms with E-state index in [2.05, 4.69) is 5.32 Å². The van der Waals surface area contributed by atoms with E-state index < -0.39 is 12.6 Å². The number of carbonyl (C=O) groups excluding carboxylic acids is 4. The maximum Gasteiger partial charge on any atom is 0.308 e. The molecule has 0 fully saturated rings. The molecule has 1 aliphatic rings. The fourth-order valence-corrected chi connectivity index (χ4v) is 3.23. The summed E-state index contributed by atoms with van der Waals surface area (Å²) in [6.45, 7) is 3.57. The van der Waals surface area contributed by atoms with Crippen LogP contribution >= 0.6 is 0 Å². The van der Waals surface area contributed by atoms with Crippen molar-refractivity contribution in [1.82, 2.24) is 0 Å². The number of carbonyl (C=O) groups is 4. The van der Waals surface area contributed by atoms with E-state index in [-0.39, 0.29) is 43.1 Å². The van der Waals surface area contributed by atoms with Gasteiger partial charge in [-0.05, 0) is 42.3 Å². The summed E-state index contributed by atoms with van der Waals surface area (Å²) in [5.41, 5.74) is 1.57. The fourth-order valence-electron chi connectivity index (χ4n) is 3.23. The molecule has 0 unspecified atom stereocenters. The van der Waals surface area contributed by atoms with Crippen LogP contribution in [0.4, 0.5) is 11.4 Å². The minimum atomic E-state index is -0.576. The summed E-state index contributed by atoms with van der Waals surface area (Å²) in [7, 11) is 0. The van der Waals surface area contributed by atoms with Gasteiger partial charge in [-0.3, -0.25) is 19.2 Å². The minimum absolute atomic E-state index is 0.0474. The van der Waals surface area contributed by atoms with Crippen LogP contribution in [0, 0.1) is 5.92 Å². The van der Waals surface area contributed by atoms with Crippen LogP contribution in [0.15, 0.2) is 48.5 Å². The first-order chi connectivity index (χ1) is 15.3. The second-order valence-electron chi connectivity index (χ2n) is 7.86. The van der Waals surface area contributed by atoms with Gasteiger partial charge in [0.05, 0.1) is 12.1 Å². The first-order valence-electron chi connectivity index (χ1n) is 10.4. The molecule has 1 N–H and O–H groups in total. The highest BCUT2D eigenvalue weighted by molar-refractivity contribution is 5.99. The van der Waals surface area contributed by atoms with Crippen molar-refractivity contribution in [2.75, 3.05) is 30.0 Å². The fraction of sp³-hybridized carbons (Fsp3) is 0.333. The molecule has 0 spiro atoms. The zero-order valence-electron chi connectivity index (χ0n) is 18.1. The predicted octanol–water partition coefficient (Wildman–Crippen LogP) is 3.21. The average molecular weight is 438 g/mol. The van der Waals surface area contributed by atoms with E-state index in [0.29, 0.717) is 29.1 Å². The van der Waals surface area contributed by atoms with E-state index >= 15 is 0 Å². The van der Waals surface area contributed by atoms with Gasteiger partial charge in [-0.2, -0.15) is 0 Å². The van der Waals surface area contributed by atoms with Gasteiger partial charge in [-0.15, -0.1) is 0 Å². The van der Waals surface area contributed by atoms with Crippen LogP contribution in [0.3, 0.4) is 0 Å². The third-order valence-electron chi connectivity index (χ3n) is 4.80. The lowest BCUT2D eigenvalue weighted by Gasteiger charge is -2.28. The Hall–Kier alpha value is -3.68. The average Bonchev–Trinajstić information content (AvgIpc) is 2.76. The van der Waals surface area contributed by atoms with E-state index in [1.807, 2.05) is 13.8 Å². The third kappa shape index (κ3) is 6.16. The molecular formula is C24H26N2O6. The van der Waals surface area contributed by atoms with Gasteiger partial charge in [0.25, 0.3) is 5.91 Å². The molecule has 2 aromatic rings. The normalized spacial score (nSPS) is 12.7. The number of nitrogens with one attached hydrogen (secondary N) is 1. The Morgan fingerprint density at radius 1 is 1.09 bits per heavy atom. The highest BCUT2D eigenvalue weighted by Gasteiger charge is 2.25. The Morgan fingerprint density at radius 2 is 1.81 bits per heavy atom. The predicted molar refractivity (Wildman–Crippen MR) is 119 cm³/mol. The maximum atomic E-state index is 12.3. The van der Waals surface area contributed by atoms with Crippen molar-refractivity contribution in [3.8, 4) is 5.75 Å². The Morgan fingerprint density at radius 3 is 2.53 bits per heavy atom. The monoisotopic (exact) mass is 438 g/mol. The van der Waals surface area contributed by atoms with Crippen LogP contribution < -0.4 is 15.0 Å². The van der Waals surface area contributed by atoms with Crippen molar-refractivity contribution in [2.45, 2.75) is 26.7 Å². The largest absolute Gasteiger partial charge is 0.482 e. The number of hydrogen-bond donors (Lipinski definition) is 1. The smallest absolute Gasteiger partial charge is 0.308 e. The van der Waals surface area contributed by atoms with E-state index in [1.165, 1.54) is 4.90 Å². The van der Waals surface area contributed by atoms with Gasteiger partial charge < -0.3 is 19.7 Å². The van der Waals surface area contributed by atoms with Crippen molar-refractivity contribution in [2.24, 2.45) is 5.92 Å². The number of ketones is 1. The Kier molecular flexibility index (Phi) is 7.59. The summed E-state index contributed by atoms with van der Waals surface area (Å²) in [4.78, 5) is 49.8. The minimum Gasteiger partial charge on any atom is -0.482 e. The SMILES string of the molecule is CC(C)CC(=O)Nc1ccc(C(=O)COC(=O)CCN2C(=O)COc3ccccc32)cc1. The van der Waals surface area contributed by atoms with Crippen molar-refractivity contribution >= 4 is 34.9 Å². The van der Waals surface area contributed by atoms with Crippen LogP contribution in [-0.4, -0.2) is 43.3 Å². The first-order valence-corrected chi connectivity index (χ1v) is 10.4. The Bertz CT molecular complexity index is 1000. The molecule has 1 aliphatic heterocycles. The molecule has 32 heavy (non-hydrogen) atoms. The zero-order chi connectivity index (χ0) is 23.1. The third-order valence-corrected chi connectivity index (χ3v) is 4.80. The second-order valence-corrected chi connectivity index (χ2v) is 7.86. The number of Topliss-reactive ketones (excluding diaryl/α,β-unsaturated/α-hetero) is 1. The summed E-state index contributed by atoms with van der Waals surface area (Å²) in [6.07, 6.45) is 0.368. The summed E-state index contributed by atoms with van der Waals surface area (Å²) in [6, 6.07) is 13.5. The number of hydrogen-bond acceptors (Lipinski definition) is 6. The summed E-state index contributed by atoms with van der Waals surface area (Å²) >= 11 is 0.